The summed E-state index contributed by atoms with van der Waals surface area (Å²) in [4.78, 5) is 6.51. The Morgan fingerprint density at radius 1 is 1.73 bits per heavy atom. The third kappa shape index (κ3) is 2.59. The first-order valence-corrected chi connectivity index (χ1v) is 3.53. The van der Waals surface area contributed by atoms with E-state index in [0.717, 1.165) is 0 Å². The van der Waals surface area contributed by atoms with Gasteiger partial charge in [0.25, 0.3) is 0 Å². The van der Waals surface area contributed by atoms with E-state index in [4.69, 9.17) is 9.84 Å². The molecule has 0 radical (unpaired) electrons. The Bertz CT molecular complexity index is 220. The van der Waals surface area contributed by atoms with E-state index < -0.39 is 0 Å². The zero-order valence-corrected chi connectivity index (χ0v) is 6.66. The molecule has 0 atom stereocenters. The van der Waals surface area contributed by atoms with Crippen molar-refractivity contribution in [3.8, 4) is 5.88 Å². The SMILES string of the molecule is CC(C)OCc1ncc(O)[nH]1. The maximum absolute atomic E-state index is 8.84. The second kappa shape index (κ2) is 3.39. The van der Waals surface area contributed by atoms with Crippen LogP contribution in [0.25, 0.3) is 0 Å². The number of aromatic nitrogens is 2. The molecular weight excluding hydrogens is 144 g/mol. The molecule has 0 unspecified atom stereocenters. The summed E-state index contributed by atoms with van der Waals surface area (Å²) in [6.45, 7) is 4.31. The molecule has 4 heteroatoms. The number of nitrogens with zero attached hydrogens (tertiary/aromatic N) is 1. The highest BCUT2D eigenvalue weighted by molar-refractivity contribution is 5.03. The zero-order chi connectivity index (χ0) is 8.27. The molecule has 0 aromatic carbocycles. The van der Waals surface area contributed by atoms with E-state index in [2.05, 4.69) is 9.97 Å². The molecule has 0 bridgehead atoms. The summed E-state index contributed by atoms with van der Waals surface area (Å²) >= 11 is 0. The van der Waals surface area contributed by atoms with Crippen molar-refractivity contribution >= 4 is 0 Å². The van der Waals surface area contributed by atoms with Crippen LogP contribution in [0.15, 0.2) is 6.20 Å². The van der Waals surface area contributed by atoms with Crippen molar-refractivity contribution in [2.24, 2.45) is 0 Å². The first-order valence-electron chi connectivity index (χ1n) is 3.53. The molecule has 1 aromatic heterocycles. The van der Waals surface area contributed by atoms with E-state index in [1.54, 1.807) is 0 Å². The van der Waals surface area contributed by atoms with Crippen LogP contribution >= 0.6 is 0 Å². The van der Waals surface area contributed by atoms with Crippen LogP contribution in [0.5, 0.6) is 5.88 Å². The summed E-state index contributed by atoms with van der Waals surface area (Å²) < 4.78 is 5.24. The quantitative estimate of drug-likeness (QED) is 0.687. The van der Waals surface area contributed by atoms with Gasteiger partial charge in [-0.3, -0.25) is 0 Å². The highest BCUT2D eigenvalue weighted by atomic mass is 16.5. The molecule has 0 aliphatic heterocycles. The van der Waals surface area contributed by atoms with Crippen LogP contribution in [0, 0.1) is 0 Å². The molecular formula is C7H12N2O2. The molecule has 0 spiro atoms. The summed E-state index contributed by atoms with van der Waals surface area (Å²) in [6.07, 6.45) is 1.54. The molecule has 1 rings (SSSR count). The topological polar surface area (TPSA) is 58.1 Å². The van der Waals surface area contributed by atoms with Gasteiger partial charge in [-0.1, -0.05) is 0 Å². The van der Waals surface area contributed by atoms with Gasteiger partial charge >= 0.3 is 0 Å². The van der Waals surface area contributed by atoms with Gasteiger partial charge in [0.2, 0.25) is 5.88 Å². The second-order valence-electron chi connectivity index (χ2n) is 2.57. The van der Waals surface area contributed by atoms with Gasteiger partial charge in [-0.05, 0) is 13.8 Å². The molecule has 0 saturated carbocycles. The average Bonchev–Trinajstić information content (AvgIpc) is 2.31. The number of hydrogen-bond donors (Lipinski definition) is 2. The van der Waals surface area contributed by atoms with E-state index in [9.17, 15) is 0 Å². The predicted molar refractivity (Wildman–Crippen MR) is 40.2 cm³/mol. The average molecular weight is 156 g/mol. The van der Waals surface area contributed by atoms with Gasteiger partial charge in [-0.2, -0.15) is 0 Å². The molecule has 4 nitrogen and oxygen atoms in total. The lowest BCUT2D eigenvalue weighted by Crippen LogP contribution is -2.03. The van der Waals surface area contributed by atoms with Crippen LogP contribution in [0.4, 0.5) is 0 Å². The Morgan fingerprint density at radius 2 is 2.45 bits per heavy atom. The van der Waals surface area contributed by atoms with Gasteiger partial charge < -0.3 is 14.8 Å². The van der Waals surface area contributed by atoms with Crippen molar-refractivity contribution < 1.29 is 9.84 Å². The lowest BCUT2D eigenvalue weighted by atomic mass is 10.5. The zero-order valence-electron chi connectivity index (χ0n) is 6.66. The molecule has 0 aliphatic carbocycles. The lowest BCUT2D eigenvalue weighted by Gasteiger charge is -2.03. The number of aromatic hydroxyl groups is 1. The largest absolute Gasteiger partial charge is 0.493 e. The van der Waals surface area contributed by atoms with Crippen LogP contribution in [0.3, 0.4) is 0 Å². The number of imidazole rings is 1. The van der Waals surface area contributed by atoms with Crippen LogP contribution in [0.1, 0.15) is 19.7 Å². The van der Waals surface area contributed by atoms with Crippen molar-refractivity contribution in [1.29, 1.82) is 0 Å². The fourth-order valence-corrected chi connectivity index (χ4v) is 0.670. The summed E-state index contributed by atoms with van der Waals surface area (Å²) in [6, 6.07) is 0. The molecule has 0 amide bonds. The van der Waals surface area contributed by atoms with Crippen LogP contribution in [-0.2, 0) is 11.3 Å². The molecule has 0 aliphatic rings. The van der Waals surface area contributed by atoms with Gasteiger partial charge in [0, 0.05) is 0 Å². The van der Waals surface area contributed by atoms with Crippen LogP contribution in [0.2, 0.25) is 0 Å². The predicted octanol–water partition coefficient (Wildman–Crippen LogP) is 1.04. The van der Waals surface area contributed by atoms with Crippen molar-refractivity contribution in [3.63, 3.8) is 0 Å². The van der Waals surface area contributed by atoms with Crippen molar-refractivity contribution in [2.75, 3.05) is 0 Å². The van der Waals surface area contributed by atoms with Crippen LogP contribution < -0.4 is 0 Å². The molecule has 0 fully saturated rings. The Balaban J connectivity index is 2.39. The Labute approximate surface area is 65.2 Å². The summed E-state index contributed by atoms with van der Waals surface area (Å²) in [5, 5.41) is 8.84. The number of hydrogen-bond acceptors (Lipinski definition) is 3. The Hall–Kier alpha value is -1.03. The van der Waals surface area contributed by atoms with E-state index >= 15 is 0 Å². The van der Waals surface area contributed by atoms with Gasteiger partial charge in [-0.25, -0.2) is 4.98 Å². The first-order chi connectivity index (χ1) is 5.18. The molecule has 62 valence electrons. The summed E-state index contributed by atoms with van der Waals surface area (Å²) in [7, 11) is 0. The minimum atomic E-state index is 0.0763. The van der Waals surface area contributed by atoms with Crippen molar-refractivity contribution in [2.45, 2.75) is 26.6 Å². The maximum Gasteiger partial charge on any atom is 0.208 e. The number of rotatable bonds is 3. The molecule has 2 N–H and O–H groups in total. The number of ether oxygens (including phenoxy) is 1. The minimum absolute atomic E-state index is 0.0763. The van der Waals surface area contributed by atoms with Crippen molar-refractivity contribution in [3.05, 3.63) is 12.0 Å². The number of nitrogens with one attached hydrogen (secondary N) is 1. The molecule has 1 aromatic rings. The molecule has 11 heavy (non-hydrogen) atoms. The van der Waals surface area contributed by atoms with Gasteiger partial charge in [0.05, 0.1) is 12.3 Å². The van der Waals surface area contributed by atoms with Crippen molar-refractivity contribution in [1.82, 2.24) is 9.97 Å². The monoisotopic (exact) mass is 156 g/mol. The summed E-state index contributed by atoms with van der Waals surface area (Å²) in [5.74, 6) is 0.726. The standard InChI is InChI=1S/C7H12N2O2/c1-5(2)11-4-6-8-3-7(10)9-6/h3,5,10H,4H2,1-2H3,(H,8,9). The molecule has 1 heterocycles. The lowest BCUT2D eigenvalue weighted by molar-refractivity contribution is 0.0615. The third-order valence-corrected chi connectivity index (χ3v) is 1.17. The van der Waals surface area contributed by atoms with Gasteiger partial charge in [-0.15, -0.1) is 0 Å². The first kappa shape index (κ1) is 8.07. The third-order valence-electron chi connectivity index (χ3n) is 1.17. The van der Waals surface area contributed by atoms with E-state index in [0.29, 0.717) is 12.4 Å². The highest BCUT2D eigenvalue weighted by Gasteiger charge is 1.99. The minimum Gasteiger partial charge on any atom is -0.493 e. The normalized spacial score (nSPS) is 10.8. The van der Waals surface area contributed by atoms with E-state index in [1.807, 2.05) is 13.8 Å². The maximum atomic E-state index is 8.84. The van der Waals surface area contributed by atoms with Gasteiger partial charge in [0.15, 0.2) is 0 Å². The van der Waals surface area contributed by atoms with E-state index in [-0.39, 0.29) is 12.0 Å². The Morgan fingerprint density at radius 3 is 2.91 bits per heavy atom. The fourth-order valence-electron chi connectivity index (χ4n) is 0.670. The Kier molecular flexibility index (Phi) is 2.48. The van der Waals surface area contributed by atoms with Gasteiger partial charge in [0.1, 0.15) is 12.4 Å². The van der Waals surface area contributed by atoms with Crippen LogP contribution in [-0.4, -0.2) is 21.2 Å². The number of H-pyrrole nitrogens is 1. The number of aromatic amines is 1. The highest BCUT2D eigenvalue weighted by Crippen LogP contribution is 2.04. The smallest absolute Gasteiger partial charge is 0.208 e. The summed E-state index contributed by atoms with van der Waals surface area (Å²) in [5.41, 5.74) is 0. The second-order valence-corrected chi connectivity index (χ2v) is 2.57. The van der Waals surface area contributed by atoms with E-state index in [1.165, 1.54) is 6.20 Å². The fraction of sp³-hybridized carbons (Fsp3) is 0.571. The molecule has 0 saturated heterocycles.